The molecular weight excluding hydrogens is 338 g/mol. The van der Waals surface area contributed by atoms with E-state index in [1.165, 1.54) is 0 Å². The number of aromatic nitrogens is 3. The molecule has 0 unspecified atom stereocenters. The zero-order valence-corrected chi connectivity index (χ0v) is 15.3. The second kappa shape index (κ2) is 7.88. The van der Waals surface area contributed by atoms with E-state index in [4.69, 9.17) is 5.11 Å². The number of piperidine rings is 1. The van der Waals surface area contributed by atoms with Gasteiger partial charge >= 0.3 is 5.97 Å². The Kier molecular flexibility index (Phi) is 5.60. The number of likely N-dealkylation sites (tertiary alicyclic amines) is 1. The maximum absolute atomic E-state index is 10.9. The Morgan fingerprint density at radius 2 is 2.20 bits per heavy atom. The van der Waals surface area contributed by atoms with Crippen LogP contribution in [0.2, 0.25) is 0 Å². The summed E-state index contributed by atoms with van der Waals surface area (Å²) in [6.07, 6.45) is 3.38. The van der Waals surface area contributed by atoms with Gasteiger partial charge in [0.25, 0.3) is 0 Å². The summed E-state index contributed by atoms with van der Waals surface area (Å²) in [7, 11) is 0. The number of rotatable bonds is 6. The van der Waals surface area contributed by atoms with E-state index in [2.05, 4.69) is 25.2 Å². The van der Waals surface area contributed by atoms with Crippen LogP contribution in [-0.2, 0) is 4.79 Å². The van der Waals surface area contributed by atoms with E-state index >= 15 is 0 Å². The number of aliphatic carboxylic acids is 1. The molecule has 2 N–H and O–H groups in total. The number of carboxylic acids is 1. The molecule has 134 valence electrons. The van der Waals surface area contributed by atoms with Crippen LogP contribution in [0.5, 0.6) is 0 Å². The van der Waals surface area contributed by atoms with Gasteiger partial charge in [0.1, 0.15) is 11.6 Å². The number of carbonyl (C=O) groups is 1. The Morgan fingerprint density at radius 3 is 2.92 bits per heavy atom. The highest BCUT2D eigenvalue weighted by Crippen LogP contribution is 2.31. The summed E-state index contributed by atoms with van der Waals surface area (Å²) in [5.41, 5.74) is 1.93. The van der Waals surface area contributed by atoms with Gasteiger partial charge in [-0.15, -0.1) is 11.3 Å². The molecule has 25 heavy (non-hydrogen) atoms. The molecule has 7 nitrogen and oxygen atoms in total. The van der Waals surface area contributed by atoms with Crippen LogP contribution >= 0.6 is 11.3 Å². The summed E-state index contributed by atoms with van der Waals surface area (Å²) in [4.78, 5) is 26.7. The van der Waals surface area contributed by atoms with Crippen LogP contribution in [0, 0.1) is 13.8 Å². The van der Waals surface area contributed by atoms with E-state index in [-0.39, 0.29) is 12.5 Å². The van der Waals surface area contributed by atoms with Gasteiger partial charge in [0, 0.05) is 18.0 Å². The highest BCUT2D eigenvalue weighted by molar-refractivity contribution is 7.13. The van der Waals surface area contributed by atoms with Crippen molar-refractivity contribution in [2.24, 2.45) is 0 Å². The molecule has 0 bridgehead atoms. The van der Waals surface area contributed by atoms with Gasteiger partial charge in [-0.05, 0) is 33.2 Å². The summed E-state index contributed by atoms with van der Waals surface area (Å²) < 4.78 is 0. The second-order valence-electron chi connectivity index (χ2n) is 6.34. The van der Waals surface area contributed by atoms with Crippen molar-refractivity contribution in [3.8, 4) is 0 Å². The molecule has 1 fully saturated rings. The van der Waals surface area contributed by atoms with Crippen molar-refractivity contribution in [1.82, 2.24) is 19.9 Å². The van der Waals surface area contributed by atoms with Gasteiger partial charge < -0.3 is 10.4 Å². The maximum atomic E-state index is 10.9. The lowest BCUT2D eigenvalue weighted by molar-refractivity contribution is -0.137. The minimum absolute atomic E-state index is 0.147. The fourth-order valence-corrected chi connectivity index (χ4v) is 3.87. The summed E-state index contributed by atoms with van der Waals surface area (Å²) >= 11 is 1.55. The molecule has 0 saturated carbocycles. The Balaban J connectivity index is 1.80. The van der Waals surface area contributed by atoms with Gasteiger partial charge in [-0.3, -0.25) is 9.69 Å². The zero-order chi connectivity index (χ0) is 17.8. The van der Waals surface area contributed by atoms with Crippen molar-refractivity contribution in [2.45, 2.75) is 45.6 Å². The number of anilines is 2. The van der Waals surface area contributed by atoms with Crippen molar-refractivity contribution in [3.05, 3.63) is 28.7 Å². The normalized spacial score (nSPS) is 18.2. The number of nitrogens with one attached hydrogen (secondary N) is 1. The quantitative estimate of drug-likeness (QED) is 0.815. The van der Waals surface area contributed by atoms with E-state index < -0.39 is 5.97 Å². The van der Waals surface area contributed by atoms with Crippen LogP contribution in [-0.4, -0.2) is 44.0 Å². The molecule has 0 aromatic carbocycles. The van der Waals surface area contributed by atoms with E-state index in [1.807, 2.05) is 25.3 Å². The van der Waals surface area contributed by atoms with E-state index in [9.17, 15) is 4.79 Å². The summed E-state index contributed by atoms with van der Waals surface area (Å²) in [6, 6.07) is 2.11. The smallest absolute Gasteiger partial charge is 0.304 e. The van der Waals surface area contributed by atoms with Crippen LogP contribution < -0.4 is 5.32 Å². The molecule has 0 amide bonds. The lowest BCUT2D eigenvalue weighted by atomic mass is 9.98. The summed E-state index contributed by atoms with van der Waals surface area (Å²) in [6.45, 7) is 5.31. The number of nitrogens with zero attached hydrogens (tertiary/aromatic N) is 4. The van der Waals surface area contributed by atoms with Gasteiger partial charge in [0.15, 0.2) is 5.13 Å². The number of hydrogen-bond donors (Lipinski definition) is 2. The lowest BCUT2D eigenvalue weighted by Gasteiger charge is -2.35. The lowest BCUT2D eigenvalue weighted by Crippen LogP contribution is -2.35. The fourth-order valence-electron chi connectivity index (χ4n) is 3.18. The Labute approximate surface area is 151 Å². The first kappa shape index (κ1) is 17.8. The van der Waals surface area contributed by atoms with Crippen molar-refractivity contribution in [2.75, 3.05) is 18.4 Å². The first-order valence-electron chi connectivity index (χ1n) is 8.52. The predicted octanol–water partition coefficient (Wildman–Crippen LogP) is 3.30. The zero-order valence-electron chi connectivity index (χ0n) is 14.5. The van der Waals surface area contributed by atoms with Crippen molar-refractivity contribution >= 4 is 28.3 Å². The highest BCUT2D eigenvalue weighted by atomic mass is 32.1. The second-order valence-corrected chi connectivity index (χ2v) is 7.19. The average Bonchev–Trinajstić information content (AvgIpc) is 2.97. The summed E-state index contributed by atoms with van der Waals surface area (Å²) in [5, 5.41) is 15.0. The number of thiazole rings is 1. The third kappa shape index (κ3) is 4.73. The molecule has 2 aromatic heterocycles. The predicted molar refractivity (Wildman–Crippen MR) is 97.3 cm³/mol. The van der Waals surface area contributed by atoms with Crippen LogP contribution in [0.4, 0.5) is 10.9 Å². The molecule has 2 aromatic rings. The van der Waals surface area contributed by atoms with E-state index in [0.717, 1.165) is 48.1 Å². The first-order valence-corrected chi connectivity index (χ1v) is 9.40. The van der Waals surface area contributed by atoms with Gasteiger partial charge in [-0.25, -0.2) is 15.0 Å². The van der Waals surface area contributed by atoms with Crippen LogP contribution in [0.1, 0.15) is 48.9 Å². The molecule has 0 radical (unpaired) electrons. The number of hydrogen-bond acceptors (Lipinski definition) is 7. The van der Waals surface area contributed by atoms with Gasteiger partial charge in [0.2, 0.25) is 0 Å². The first-order chi connectivity index (χ1) is 12.0. The Hall–Kier alpha value is -2.06. The van der Waals surface area contributed by atoms with Crippen LogP contribution in [0.15, 0.2) is 11.4 Å². The molecule has 1 saturated heterocycles. The van der Waals surface area contributed by atoms with Crippen molar-refractivity contribution in [3.63, 3.8) is 0 Å². The topological polar surface area (TPSA) is 91.2 Å². The van der Waals surface area contributed by atoms with Crippen molar-refractivity contribution in [1.29, 1.82) is 0 Å². The summed E-state index contributed by atoms with van der Waals surface area (Å²) in [5.74, 6) is 0.683. The van der Waals surface area contributed by atoms with Gasteiger partial charge in [0.05, 0.1) is 23.9 Å². The molecule has 3 rings (SSSR count). The number of carboxylic acid groups (broad SMARTS) is 1. The van der Waals surface area contributed by atoms with Crippen molar-refractivity contribution < 1.29 is 9.90 Å². The molecule has 8 heteroatoms. The maximum Gasteiger partial charge on any atom is 0.304 e. The molecule has 3 heterocycles. The SMILES string of the molecule is Cc1csc(Nc2cc([C@H]3CCCCN3CCC(=O)O)nc(C)n2)n1. The van der Waals surface area contributed by atoms with Gasteiger partial charge in [-0.2, -0.15) is 0 Å². The molecule has 1 aliphatic rings. The Bertz CT molecular complexity index is 748. The fraction of sp³-hybridized carbons (Fsp3) is 0.529. The molecule has 0 aliphatic carbocycles. The highest BCUT2D eigenvalue weighted by Gasteiger charge is 2.26. The minimum atomic E-state index is -0.760. The minimum Gasteiger partial charge on any atom is -0.481 e. The Morgan fingerprint density at radius 1 is 1.36 bits per heavy atom. The van der Waals surface area contributed by atoms with Gasteiger partial charge in [-0.1, -0.05) is 6.42 Å². The molecule has 1 atom stereocenters. The van der Waals surface area contributed by atoms with Crippen LogP contribution in [0.25, 0.3) is 0 Å². The average molecular weight is 361 g/mol. The van der Waals surface area contributed by atoms with E-state index in [1.54, 1.807) is 11.3 Å². The van der Waals surface area contributed by atoms with E-state index in [0.29, 0.717) is 12.4 Å². The molecule has 0 spiro atoms. The molecular formula is C17H23N5O2S. The third-order valence-corrected chi connectivity index (χ3v) is 5.16. The number of aryl methyl sites for hydroxylation is 2. The largest absolute Gasteiger partial charge is 0.481 e. The molecule has 1 aliphatic heterocycles. The standard InChI is InChI=1S/C17H23N5O2S/c1-11-10-25-17(18-11)21-15-9-13(19-12(2)20-15)14-5-3-4-7-22(14)8-6-16(23)24/h9-10,14H,3-8H2,1-2H3,(H,23,24)(H,18,19,20,21)/t14-/m1/s1. The monoisotopic (exact) mass is 361 g/mol. The van der Waals surface area contributed by atoms with Crippen LogP contribution in [0.3, 0.4) is 0 Å². The third-order valence-electron chi connectivity index (χ3n) is 4.28.